The monoisotopic (exact) mass is 338 g/mol. The third kappa shape index (κ3) is 6.11. The van der Waals surface area contributed by atoms with E-state index >= 15 is 0 Å². The molecule has 1 aromatic carbocycles. The molecule has 0 fully saturated rings. The highest BCUT2D eigenvalue weighted by atomic mass is 32.2. The first kappa shape index (κ1) is 18.7. The molecule has 0 saturated carbocycles. The van der Waals surface area contributed by atoms with Crippen molar-refractivity contribution in [1.29, 1.82) is 0 Å². The maximum absolute atomic E-state index is 12.1. The van der Waals surface area contributed by atoms with Crippen LogP contribution in [0.2, 0.25) is 0 Å². The van der Waals surface area contributed by atoms with Crippen molar-refractivity contribution in [3.63, 3.8) is 0 Å². The number of carboxylic acid groups (broad SMARTS) is 1. The predicted molar refractivity (Wildman–Crippen MR) is 87.4 cm³/mol. The summed E-state index contributed by atoms with van der Waals surface area (Å²) in [6, 6.07) is 4.86. The Morgan fingerprint density at radius 1 is 1.39 bits per heavy atom. The number of allylic oxidation sites excluding steroid dienone is 1. The highest BCUT2D eigenvalue weighted by molar-refractivity contribution is 8.00. The lowest BCUT2D eigenvalue weighted by atomic mass is 10.2. The number of nitrogens with zero attached hydrogens (tertiary/aromatic N) is 1. The van der Waals surface area contributed by atoms with Crippen LogP contribution in [0.25, 0.3) is 0 Å². The van der Waals surface area contributed by atoms with E-state index in [4.69, 9.17) is 5.11 Å². The zero-order valence-corrected chi connectivity index (χ0v) is 13.6. The first-order chi connectivity index (χ1) is 10.8. The molecule has 1 aromatic rings. The van der Waals surface area contributed by atoms with E-state index in [1.807, 2.05) is 0 Å². The lowest BCUT2D eigenvalue weighted by molar-refractivity contribution is -0.384. The summed E-state index contributed by atoms with van der Waals surface area (Å²) in [6.07, 6.45) is 3.61. The Kier molecular flexibility index (Phi) is 7.27. The molecule has 0 heterocycles. The Balaban J connectivity index is 2.65. The van der Waals surface area contributed by atoms with E-state index in [0.717, 1.165) is 0 Å². The molecule has 0 saturated heterocycles. The summed E-state index contributed by atoms with van der Waals surface area (Å²) in [7, 11) is 0. The fraction of sp³-hybridized carbons (Fsp3) is 0.333. The molecule has 0 aliphatic rings. The van der Waals surface area contributed by atoms with Gasteiger partial charge in [0.1, 0.15) is 6.04 Å². The number of rotatable bonds is 8. The number of non-ortho nitro benzene ring substituents is 1. The summed E-state index contributed by atoms with van der Waals surface area (Å²) < 4.78 is 0. The van der Waals surface area contributed by atoms with Crippen LogP contribution >= 0.6 is 11.8 Å². The molecule has 23 heavy (non-hydrogen) atoms. The number of hydrogen-bond donors (Lipinski definition) is 2. The van der Waals surface area contributed by atoms with Crippen molar-refractivity contribution < 1.29 is 19.6 Å². The number of nitrogens with one attached hydrogen (secondary N) is 1. The van der Waals surface area contributed by atoms with Crippen LogP contribution in [0.1, 0.15) is 20.3 Å². The molecular weight excluding hydrogens is 320 g/mol. The van der Waals surface area contributed by atoms with Gasteiger partial charge in [-0.1, -0.05) is 12.2 Å². The molecule has 124 valence electrons. The average molecular weight is 338 g/mol. The van der Waals surface area contributed by atoms with Crippen molar-refractivity contribution in [2.24, 2.45) is 0 Å². The van der Waals surface area contributed by atoms with Crippen LogP contribution in [-0.2, 0) is 9.59 Å². The average Bonchev–Trinajstić information content (AvgIpc) is 2.51. The Bertz CT molecular complexity index is 600. The molecule has 0 spiro atoms. The number of carboxylic acids is 1. The van der Waals surface area contributed by atoms with Crippen LogP contribution < -0.4 is 5.32 Å². The van der Waals surface area contributed by atoms with Crippen molar-refractivity contribution in [1.82, 2.24) is 5.32 Å². The first-order valence-electron chi connectivity index (χ1n) is 6.90. The van der Waals surface area contributed by atoms with E-state index in [1.165, 1.54) is 23.9 Å². The second-order valence-electron chi connectivity index (χ2n) is 4.72. The van der Waals surface area contributed by atoms with Gasteiger partial charge in [0.15, 0.2) is 0 Å². The summed E-state index contributed by atoms with van der Waals surface area (Å²) in [5.41, 5.74) is -0.0243. The normalized spacial score (nSPS) is 13.5. The van der Waals surface area contributed by atoms with E-state index in [1.54, 1.807) is 38.1 Å². The molecule has 2 atom stereocenters. The Hall–Kier alpha value is -2.35. The fourth-order valence-corrected chi connectivity index (χ4v) is 2.56. The quantitative estimate of drug-likeness (QED) is 0.326. The van der Waals surface area contributed by atoms with Crippen molar-refractivity contribution in [3.05, 3.63) is 46.5 Å². The molecule has 2 unspecified atom stereocenters. The minimum Gasteiger partial charge on any atom is -0.480 e. The summed E-state index contributed by atoms with van der Waals surface area (Å²) in [4.78, 5) is 34.0. The smallest absolute Gasteiger partial charge is 0.326 e. The third-order valence-electron chi connectivity index (χ3n) is 2.95. The summed E-state index contributed by atoms with van der Waals surface area (Å²) >= 11 is 1.20. The standard InChI is InChI=1S/C15H18N2O5S/c1-3-4-5-13(15(19)20)16-14(18)10(2)23-12-8-6-11(7-9-12)17(21)22/h3-4,6-10,13H,5H2,1-2H3,(H,16,18)(H,19,20)/b4-3+. The Morgan fingerprint density at radius 3 is 2.48 bits per heavy atom. The van der Waals surface area contributed by atoms with Gasteiger partial charge in [0.05, 0.1) is 10.2 Å². The number of hydrogen-bond acceptors (Lipinski definition) is 5. The lowest BCUT2D eigenvalue weighted by Crippen LogP contribution is -2.43. The van der Waals surface area contributed by atoms with Crippen LogP contribution in [0.4, 0.5) is 5.69 Å². The zero-order chi connectivity index (χ0) is 17.4. The maximum Gasteiger partial charge on any atom is 0.326 e. The van der Waals surface area contributed by atoms with E-state index in [9.17, 15) is 19.7 Å². The summed E-state index contributed by atoms with van der Waals surface area (Å²) in [5, 5.41) is 21.6. The molecule has 1 rings (SSSR count). The minimum atomic E-state index is -1.09. The molecule has 1 amide bonds. The highest BCUT2D eigenvalue weighted by Crippen LogP contribution is 2.25. The number of benzene rings is 1. The van der Waals surface area contributed by atoms with Crippen molar-refractivity contribution in [2.75, 3.05) is 0 Å². The van der Waals surface area contributed by atoms with E-state index in [2.05, 4.69) is 5.32 Å². The number of amides is 1. The minimum absolute atomic E-state index is 0.0243. The third-order valence-corrected chi connectivity index (χ3v) is 4.06. The molecule has 0 bridgehead atoms. The van der Waals surface area contributed by atoms with Crippen molar-refractivity contribution in [2.45, 2.75) is 36.5 Å². The van der Waals surface area contributed by atoms with E-state index in [0.29, 0.717) is 4.90 Å². The highest BCUT2D eigenvalue weighted by Gasteiger charge is 2.22. The van der Waals surface area contributed by atoms with Gasteiger partial charge in [-0.05, 0) is 32.4 Å². The van der Waals surface area contributed by atoms with Gasteiger partial charge in [-0.2, -0.15) is 0 Å². The van der Waals surface area contributed by atoms with Gasteiger partial charge in [0.25, 0.3) is 5.69 Å². The second kappa shape index (κ2) is 8.94. The zero-order valence-electron chi connectivity index (χ0n) is 12.8. The number of nitro groups is 1. The number of thioether (sulfide) groups is 1. The molecule has 0 aromatic heterocycles. The van der Waals surface area contributed by atoms with Gasteiger partial charge < -0.3 is 10.4 Å². The molecule has 0 aliphatic carbocycles. The molecule has 8 heteroatoms. The van der Waals surface area contributed by atoms with Crippen LogP contribution in [0, 0.1) is 10.1 Å². The van der Waals surface area contributed by atoms with Crippen LogP contribution in [0.15, 0.2) is 41.3 Å². The summed E-state index contributed by atoms with van der Waals surface area (Å²) in [5.74, 6) is -1.49. The van der Waals surface area contributed by atoms with Gasteiger partial charge in [-0.3, -0.25) is 14.9 Å². The largest absolute Gasteiger partial charge is 0.480 e. The lowest BCUT2D eigenvalue weighted by Gasteiger charge is -2.16. The SMILES string of the molecule is C/C=C/CC(NC(=O)C(C)Sc1ccc([N+](=O)[O-])cc1)C(=O)O. The van der Waals surface area contributed by atoms with Crippen LogP contribution in [-0.4, -0.2) is 33.2 Å². The second-order valence-corrected chi connectivity index (χ2v) is 6.13. The molecule has 2 N–H and O–H groups in total. The number of carbonyl (C=O) groups excluding carboxylic acids is 1. The Labute approximate surface area is 137 Å². The van der Waals surface area contributed by atoms with Gasteiger partial charge in [-0.15, -0.1) is 11.8 Å². The number of nitro benzene ring substituents is 1. The van der Waals surface area contributed by atoms with E-state index < -0.39 is 28.1 Å². The maximum atomic E-state index is 12.1. The number of aliphatic carboxylic acids is 1. The predicted octanol–water partition coefficient (Wildman–Crippen LogP) is 2.61. The van der Waals surface area contributed by atoms with Crippen LogP contribution in [0.5, 0.6) is 0 Å². The molecule has 0 aliphatic heterocycles. The fourth-order valence-electron chi connectivity index (χ4n) is 1.69. The van der Waals surface area contributed by atoms with Gasteiger partial charge in [0, 0.05) is 17.0 Å². The van der Waals surface area contributed by atoms with Gasteiger partial charge >= 0.3 is 5.97 Å². The number of carbonyl (C=O) groups is 2. The Morgan fingerprint density at radius 2 is 2.00 bits per heavy atom. The molecule has 7 nitrogen and oxygen atoms in total. The van der Waals surface area contributed by atoms with E-state index in [-0.39, 0.29) is 12.1 Å². The topological polar surface area (TPSA) is 110 Å². The molecule has 0 radical (unpaired) electrons. The first-order valence-corrected chi connectivity index (χ1v) is 7.78. The van der Waals surface area contributed by atoms with Gasteiger partial charge in [-0.25, -0.2) is 4.79 Å². The van der Waals surface area contributed by atoms with Crippen molar-refractivity contribution >= 4 is 29.3 Å². The van der Waals surface area contributed by atoms with Crippen LogP contribution in [0.3, 0.4) is 0 Å². The molecular formula is C15H18N2O5S. The van der Waals surface area contributed by atoms with Crippen molar-refractivity contribution in [3.8, 4) is 0 Å². The summed E-state index contributed by atoms with van der Waals surface area (Å²) in [6.45, 7) is 3.42. The van der Waals surface area contributed by atoms with Gasteiger partial charge in [0.2, 0.25) is 5.91 Å².